The minimum Gasteiger partial charge on any atom is -0.383 e. The monoisotopic (exact) mass is 248 g/mol. The number of hydrogen-bond donors (Lipinski definition) is 1. The molecule has 1 aliphatic carbocycles. The van der Waals surface area contributed by atoms with Crippen LogP contribution in [0.15, 0.2) is 0 Å². The van der Waals surface area contributed by atoms with Gasteiger partial charge in [-0.05, 0) is 25.7 Å². The minimum atomic E-state index is 0.603. The van der Waals surface area contributed by atoms with E-state index in [0.29, 0.717) is 5.92 Å². The van der Waals surface area contributed by atoms with Gasteiger partial charge in [0.1, 0.15) is 5.82 Å². The predicted octanol–water partition coefficient (Wildman–Crippen LogP) is 2.74. The van der Waals surface area contributed by atoms with Gasteiger partial charge < -0.3 is 10.6 Å². The van der Waals surface area contributed by atoms with Crippen LogP contribution in [0.25, 0.3) is 0 Å². The summed E-state index contributed by atoms with van der Waals surface area (Å²) in [7, 11) is 2.13. The molecule has 18 heavy (non-hydrogen) atoms. The Hall–Kier alpha value is -1.19. The van der Waals surface area contributed by atoms with Gasteiger partial charge in [0.05, 0.1) is 5.69 Å². The second-order valence-corrected chi connectivity index (χ2v) is 5.80. The van der Waals surface area contributed by atoms with Crippen LogP contribution in [0, 0.1) is 0 Å². The Labute approximate surface area is 109 Å². The molecule has 4 heteroatoms. The van der Waals surface area contributed by atoms with E-state index in [2.05, 4.69) is 16.5 Å². The zero-order valence-electron chi connectivity index (χ0n) is 11.4. The van der Waals surface area contributed by atoms with E-state index in [9.17, 15) is 0 Å². The highest BCUT2D eigenvalue weighted by molar-refractivity contribution is 5.50. The molecular weight excluding hydrogens is 224 g/mol. The summed E-state index contributed by atoms with van der Waals surface area (Å²) in [6.07, 6.45) is 9.03. The summed E-state index contributed by atoms with van der Waals surface area (Å²) in [5, 5.41) is 0. The van der Waals surface area contributed by atoms with Gasteiger partial charge in [-0.1, -0.05) is 19.3 Å². The molecular formula is C14H24N4. The van der Waals surface area contributed by atoms with Crippen molar-refractivity contribution >= 4 is 11.8 Å². The van der Waals surface area contributed by atoms with Gasteiger partial charge in [-0.15, -0.1) is 0 Å². The van der Waals surface area contributed by atoms with E-state index in [-0.39, 0.29) is 0 Å². The maximum Gasteiger partial charge on any atom is 0.207 e. The van der Waals surface area contributed by atoms with Gasteiger partial charge in [0.15, 0.2) is 0 Å². The Bertz CT molecular complexity index is 418. The molecule has 2 N–H and O–H groups in total. The highest BCUT2D eigenvalue weighted by atomic mass is 15.3. The largest absolute Gasteiger partial charge is 0.383 e. The lowest BCUT2D eigenvalue weighted by molar-refractivity contribution is 0.438. The number of nitrogens with zero attached hydrogens (tertiary/aromatic N) is 3. The molecule has 2 heterocycles. The molecule has 0 spiro atoms. The molecule has 0 bridgehead atoms. The van der Waals surface area contributed by atoms with Crippen LogP contribution in [-0.2, 0) is 6.54 Å². The van der Waals surface area contributed by atoms with Crippen LogP contribution in [0.1, 0.15) is 56.6 Å². The molecule has 0 radical (unpaired) electrons. The summed E-state index contributed by atoms with van der Waals surface area (Å²) in [6.45, 7) is 2.13. The number of aromatic nitrogens is 2. The molecule has 2 aliphatic rings. The van der Waals surface area contributed by atoms with E-state index in [1.165, 1.54) is 50.6 Å². The van der Waals surface area contributed by atoms with E-state index in [0.717, 1.165) is 24.9 Å². The third-order valence-electron chi connectivity index (χ3n) is 4.47. The van der Waals surface area contributed by atoms with E-state index in [1.807, 2.05) is 0 Å². The van der Waals surface area contributed by atoms with Crippen LogP contribution < -0.4 is 10.6 Å². The van der Waals surface area contributed by atoms with Gasteiger partial charge in [-0.3, -0.25) is 4.57 Å². The first-order valence-corrected chi connectivity index (χ1v) is 7.34. The number of anilines is 2. The Morgan fingerprint density at radius 2 is 1.78 bits per heavy atom. The van der Waals surface area contributed by atoms with Gasteiger partial charge in [0.25, 0.3) is 0 Å². The summed E-state index contributed by atoms with van der Waals surface area (Å²) in [6, 6.07) is 0. The van der Waals surface area contributed by atoms with Crippen LogP contribution in [0.3, 0.4) is 0 Å². The first-order chi connectivity index (χ1) is 8.77. The van der Waals surface area contributed by atoms with E-state index >= 15 is 0 Å². The lowest BCUT2D eigenvalue weighted by atomic mass is 9.87. The zero-order valence-corrected chi connectivity index (χ0v) is 11.4. The molecule has 0 unspecified atom stereocenters. The van der Waals surface area contributed by atoms with Crippen LogP contribution in [0.4, 0.5) is 11.8 Å². The summed E-state index contributed by atoms with van der Waals surface area (Å²) in [5.41, 5.74) is 7.54. The van der Waals surface area contributed by atoms with Crippen LogP contribution in [-0.4, -0.2) is 23.1 Å². The molecule has 1 saturated carbocycles. The van der Waals surface area contributed by atoms with Crippen molar-refractivity contribution in [1.82, 2.24) is 9.55 Å². The molecule has 0 atom stereocenters. The number of rotatable bonds is 1. The Morgan fingerprint density at radius 3 is 2.56 bits per heavy atom. The number of hydrogen-bond acceptors (Lipinski definition) is 3. The third kappa shape index (κ3) is 1.98. The van der Waals surface area contributed by atoms with Crippen molar-refractivity contribution in [2.75, 3.05) is 24.2 Å². The summed E-state index contributed by atoms with van der Waals surface area (Å²) in [4.78, 5) is 7.14. The number of nitrogen functional groups attached to an aromatic ring is 1. The second kappa shape index (κ2) is 4.82. The SMILES string of the molecule is CN1CCCCn2c1nc(C1CCCCC1)c2N. The number of fused-ring (bicyclic) bond motifs is 1. The quantitative estimate of drug-likeness (QED) is 0.831. The first kappa shape index (κ1) is 11.9. The van der Waals surface area contributed by atoms with Crippen molar-refractivity contribution in [3.63, 3.8) is 0 Å². The van der Waals surface area contributed by atoms with Crippen molar-refractivity contribution in [2.24, 2.45) is 0 Å². The Balaban J connectivity index is 1.94. The molecule has 3 rings (SSSR count). The van der Waals surface area contributed by atoms with Gasteiger partial charge >= 0.3 is 0 Å². The summed E-state index contributed by atoms with van der Waals surface area (Å²) in [5.74, 6) is 2.63. The third-order valence-corrected chi connectivity index (χ3v) is 4.47. The maximum absolute atomic E-state index is 6.36. The van der Waals surface area contributed by atoms with Crippen LogP contribution >= 0.6 is 0 Å². The zero-order chi connectivity index (χ0) is 12.5. The lowest BCUT2D eigenvalue weighted by Gasteiger charge is -2.20. The van der Waals surface area contributed by atoms with Gasteiger partial charge in [0, 0.05) is 26.1 Å². The second-order valence-electron chi connectivity index (χ2n) is 5.80. The Kier molecular flexibility index (Phi) is 3.18. The molecule has 0 aromatic carbocycles. The average Bonchev–Trinajstić information content (AvgIpc) is 2.61. The van der Waals surface area contributed by atoms with Crippen molar-refractivity contribution in [3.8, 4) is 0 Å². The first-order valence-electron chi connectivity index (χ1n) is 7.34. The van der Waals surface area contributed by atoms with Crippen molar-refractivity contribution < 1.29 is 0 Å². The summed E-state index contributed by atoms with van der Waals surface area (Å²) < 4.78 is 2.23. The molecule has 1 fully saturated rings. The van der Waals surface area contributed by atoms with Crippen LogP contribution in [0.5, 0.6) is 0 Å². The van der Waals surface area contributed by atoms with Crippen molar-refractivity contribution in [3.05, 3.63) is 5.69 Å². The van der Waals surface area contributed by atoms with Gasteiger partial charge in [0.2, 0.25) is 5.95 Å². The van der Waals surface area contributed by atoms with Crippen LogP contribution in [0.2, 0.25) is 0 Å². The van der Waals surface area contributed by atoms with E-state index in [4.69, 9.17) is 10.7 Å². The lowest BCUT2D eigenvalue weighted by Crippen LogP contribution is -2.19. The van der Waals surface area contributed by atoms with Gasteiger partial charge in [-0.2, -0.15) is 0 Å². The molecule has 1 aromatic rings. The highest BCUT2D eigenvalue weighted by Gasteiger charge is 2.26. The molecule has 0 amide bonds. The normalized spacial score (nSPS) is 21.7. The maximum atomic E-state index is 6.36. The fourth-order valence-corrected chi connectivity index (χ4v) is 3.38. The fraction of sp³-hybridized carbons (Fsp3) is 0.786. The highest BCUT2D eigenvalue weighted by Crippen LogP contribution is 2.37. The standard InChI is InChI=1S/C14H24N4/c1-17-9-5-6-10-18-13(15)12(16-14(17)18)11-7-3-2-4-8-11/h11H,2-10,15H2,1H3. The van der Waals surface area contributed by atoms with Crippen molar-refractivity contribution in [1.29, 1.82) is 0 Å². The number of nitrogens with two attached hydrogens (primary N) is 1. The van der Waals surface area contributed by atoms with E-state index < -0.39 is 0 Å². The molecule has 1 aromatic heterocycles. The van der Waals surface area contributed by atoms with Crippen molar-refractivity contribution in [2.45, 2.75) is 57.4 Å². The predicted molar refractivity (Wildman–Crippen MR) is 75.0 cm³/mol. The summed E-state index contributed by atoms with van der Waals surface area (Å²) >= 11 is 0. The van der Waals surface area contributed by atoms with E-state index in [1.54, 1.807) is 0 Å². The molecule has 4 nitrogen and oxygen atoms in total. The minimum absolute atomic E-state index is 0.603. The molecule has 100 valence electrons. The van der Waals surface area contributed by atoms with Gasteiger partial charge in [-0.25, -0.2) is 4.98 Å². The topological polar surface area (TPSA) is 47.1 Å². The number of imidazole rings is 1. The fourth-order valence-electron chi connectivity index (χ4n) is 3.38. The molecule has 1 aliphatic heterocycles. The Morgan fingerprint density at radius 1 is 1.06 bits per heavy atom. The molecule has 0 saturated heterocycles. The average molecular weight is 248 g/mol. The smallest absolute Gasteiger partial charge is 0.207 e.